The summed E-state index contributed by atoms with van der Waals surface area (Å²) in [6.45, 7) is -0.385. The summed E-state index contributed by atoms with van der Waals surface area (Å²) in [4.78, 5) is 38.2. The van der Waals surface area contributed by atoms with E-state index in [-0.39, 0.29) is 16.4 Å². The van der Waals surface area contributed by atoms with E-state index in [4.69, 9.17) is 28.9 Å². The Labute approximate surface area is 213 Å². The van der Waals surface area contributed by atoms with Gasteiger partial charge in [-0.2, -0.15) is 13.2 Å². The molecule has 0 aliphatic heterocycles. The van der Waals surface area contributed by atoms with E-state index in [1.165, 1.54) is 37.3 Å². The molecule has 3 N–H and O–H groups in total. The molecular formula is C23H21Cl2F3N4O4. The van der Waals surface area contributed by atoms with Crippen LogP contribution in [0.15, 0.2) is 53.3 Å². The first-order valence-electron chi connectivity index (χ1n) is 10.5. The number of nitrogens with zero attached hydrogens (tertiary/aromatic N) is 3. The SMILES string of the molecule is C[C@](CC(=O)Cn1nc(-c2ccc(Cl)cc2)n(C[C@H](O)C(F)(F)F)c1=O)(C(N)=O)c1ccccc1Cl. The maximum Gasteiger partial charge on any atom is 0.416 e. The van der Waals surface area contributed by atoms with E-state index in [0.717, 1.165) is 0 Å². The van der Waals surface area contributed by atoms with Crippen LogP contribution in [-0.4, -0.2) is 43.4 Å². The Kier molecular flexibility index (Phi) is 7.97. The maximum atomic E-state index is 13.0. The Morgan fingerprint density at radius 1 is 1.11 bits per heavy atom. The Hall–Kier alpha value is -3.15. The van der Waals surface area contributed by atoms with E-state index in [1.54, 1.807) is 18.2 Å². The van der Waals surface area contributed by atoms with Crippen molar-refractivity contribution in [1.82, 2.24) is 14.3 Å². The number of benzene rings is 2. The van der Waals surface area contributed by atoms with E-state index >= 15 is 0 Å². The fraction of sp³-hybridized carbons (Fsp3) is 0.304. The molecule has 2 atom stereocenters. The van der Waals surface area contributed by atoms with Crippen LogP contribution in [0.5, 0.6) is 0 Å². The Morgan fingerprint density at radius 3 is 2.28 bits per heavy atom. The summed E-state index contributed by atoms with van der Waals surface area (Å²) in [5.41, 5.74) is 3.53. The lowest BCUT2D eigenvalue weighted by Gasteiger charge is -2.26. The summed E-state index contributed by atoms with van der Waals surface area (Å²) in [6, 6.07) is 12.0. The van der Waals surface area contributed by atoms with Crippen molar-refractivity contribution in [1.29, 1.82) is 0 Å². The molecule has 3 rings (SSSR count). The summed E-state index contributed by atoms with van der Waals surface area (Å²) >= 11 is 12.1. The number of amides is 1. The number of nitrogens with two attached hydrogens (primary N) is 1. The van der Waals surface area contributed by atoms with E-state index < -0.39 is 54.6 Å². The van der Waals surface area contributed by atoms with Crippen molar-refractivity contribution >= 4 is 34.9 Å². The van der Waals surface area contributed by atoms with E-state index in [1.807, 2.05) is 0 Å². The van der Waals surface area contributed by atoms with Gasteiger partial charge >= 0.3 is 11.9 Å². The molecule has 1 amide bonds. The minimum atomic E-state index is -4.99. The second-order valence-corrected chi connectivity index (χ2v) is 9.17. The van der Waals surface area contributed by atoms with Crippen LogP contribution >= 0.6 is 23.2 Å². The highest BCUT2D eigenvalue weighted by atomic mass is 35.5. The summed E-state index contributed by atoms with van der Waals surface area (Å²) in [5, 5.41) is 14.1. The molecule has 0 radical (unpaired) electrons. The molecule has 0 spiro atoms. The number of ketones is 1. The number of hydrogen-bond acceptors (Lipinski definition) is 5. The third-order valence-electron chi connectivity index (χ3n) is 5.65. The number of halogens is 5. The summed E-state index contributed by atoms with van der Waals surface area (Å²) < 4.78 is 40.3. The Balaban J connectivity index is 1.98. The largest absolute Gasteiger partial charge is 0.416 e. The monoisotopic (exact) mass is 544 g/mol. The number of carbonyl (C=O) groups excluding carboxylic acids is 2. The highest BCUT2D eigenvalue weighted by Gasteiger charge is 2.40. The number of aliphatic hydroxyl groups excluding tert-OH is 1. The van der Waals surface area contributed by atoms with Crippen LogP contribution in [0, 0.1) is 0 Å². The van der Waals surface area contributed by atoms with Crippen molar-refractivity contribution in [3.63, 3.8) is 0 Å². The third-order valence-corrected chi connectivity index (χ3v) is 6.23. The van der Waals surface area contributed by atoms with Gasteiger partial charge < -0.3 is 10.8 Å². The number of Topliss-reactive ketones (excluding diaryl/α,β-unsaturated/α-hetero) is 1. The highest BCUT2D eigenvalue weighted by molar-refractivity contribution is 6.32. The number of aromatic nitrogens is 3. The van der Waals surface area contributed by atoms with Crippen molar-refractivity contribution in [3.05, 3.63) is 74.6 Å². The maximum absolute atomic E-state index is 13.0. The van der Waals surface area contributed by atoms with Gasteiger partial charge in [-0.3, -0.25) is 14.2 Å². The summed E-state index contributed by atoms with van der Waals surface area (Å²) in [5.74, 6) is -1.70. The molecule has 192 valence electrons. The zero-order valence-electron chi connectivity index (χ0n) is 18.8. The molecule has 36 heavy (non-hydrogen) atoms. The van der Waals surface area contributed by atoms with Crippen LogP contribution in [-0.2, 0) is 28.1 Å². The first-order chi connectivity index (χ1) is 16.7. The van der Waals surface area contributed by atoms with Crippen molar-refractivity contribution < 1.29 is 27.9 Å². The van der Waals surface area contributed by atoms with Crippen molar-refractivity contribution in [2.75, 3.05) is 0 Å². The predicted octanol–water partition coefficient (Wildman–Crippen LogP) is 3.34. The topological polar surface area (TPSA) is 120 Å². The van der Waals surface area contributed by atoms with Crippen LogP contribution in [0.3, 0.4) is 0 Å². The normalized spacial score (nSPS) is 14.3. The molecule has 0 saturated carbocycles. The van der Waals surface area contributed by atoms with E-state index in [9.17, 15) is 32.7 Å². The van der Waals surface area contributed by atoms with Crippen LogP contribution in [0.2, 0.25) is 10.0 Å². The first kappa shape index (κ1) is 27.4. The summed E-state index contributed by atoms with van der Waals surface area (Å²) in [7, 11) is 0. The number of aliphatic hydroxyl groups is 1. The van der Waals surface area contributed by atoms with Crippen LogP contribution in [0.4, 0.5) is 13.2 Å². The zero-order chi connectivity index (χ0) is 26.8. The standard InChI is InChI=1S/C23H21Cl2F3N4O4/c1-22(20(29)35,16-4-2-3-5-17(16)25)10-15(33)11-32-21(36)31(12-18(34)23(26,27)28)19(30-32)13-6-8-14(24)9-7-13/h2-9,18,34H,10-12H2,1H3,(H2,29,35)/t18-,22+/m0/s1. The minimum Gasteiger partial charge on any atom is -0.382 e. The highest BCUT2D eigenvalue weighted by Crippen LogP contribution is 2.33. The average molecular weight is 545 g/mol. The molecule has 3 aromatic rings. The molecule has 0 aliphatic rings. The smallest absolute Gasteiger partial charge is 0.382 e. The van der Waals surface area contributed by atoms with Gasteiger partial charge in [-0.1, -0.05) is 41.4 Å². The van der Waals surface area contributed by atoms with Crippen molar-refractivity contribution in [2.24, 2.45) is 5.73 Å². The van der Waals surface area contributed by atoms with Gasteiger partial charge in [-0.15, -0.1) is 5.10 Å². The zero-order valence-corrected chi connectivity index (χ0v) is 20.3. The summed E-state index contributed by atoms with van der Waals surface area (Å²) in [6.07, 6.45) is -8.30. The Bertz CT molecular complexity index is 1340. The molecule has 13 heteroatoms. The van der Waals surface area contributed by atoms with Gasteiger partial charge in [0.05, 0.1) is 12.0 Å². The van der Waals surface area contributed by atoms with E-state index in [0.29, 0.717) is 19.8 Å². The van der Waals surface area contributed by atoms with Crippen molar-refractivity contribution in [3.8, 4) is 11.4 Å². The quantitative estimate of drug-likeness (QED) is 0.428. The number of carbonyl (C=O) groups is 2. The number of alkyl halides is 3. The number of primary amides is 1. The van der Waals surface area contributed by atoms with E-state index in [2.05, 4.69) is 5.10 Å². The van der Waals surface area contributed by atoms with Gasteiger partial charge in [0.15, 0.2) is 17.7 Å². The molecule has 0 bridgehead atoms. The average Bonchev–Trinajstić information content (AvgIpc) is 3.08. The van der Waals surface area contributed by atoms with Crippen LogP contribution < -0.4 is 11.4 Å². The minimum absolute atomic E-state index is 0.208. The van der Waals surface area contributed by atoms with Gasteiger partial charge in [0.2, 0.25) is 5.91 Å². The predicted molar refractivity (Wildman–Crippen MR) is 127 cm³/mol. The third kappa shape index (κ3) is 5.80. The van der Waals surface area contributed by atoms with Crippen LogP contribution in [0.1, 0.15) is 18.9 Å². The second kappa shape index (κ2) is 10.5. The van der Waals surface area contributed by atoms with Gasteiger partial charge in [0, 0.05) is 22.0 Å². The molecule has 1 aromatic heterocycles. The number of rotatable bonds is 9. The molecule has 8 nitrogen and oxygen atoms in total. The fourth-order valence-electron chi connectivity index (χ4n) is 3.64. The fourth-order valence-corrected chi connectivity index (χ4v) is 4.11. The van der Waals surface area contributed by atoms with Crippen LogP contribution in [0.25, 0.3) is 11.4 Å². The molecule has 0 aliphatic carbocycles. The molecular weight excluding hydrogens is 524 g/mol. The first-order valence-corrected chi connectivity index (χ1v) is 11.2. The van der Waals surface area contributed by atoms with Gasteiger partial charge in [-0.25, -0.2) is 9.48 Å². The number of hydrogen-bond donors (Lipinski definition) is 2. The lowest BCUT2D eigenvalue weighted by molar-refractivity contribution is -0.207. The molecule has 0 saturated heterocycles. The lowest BCUT2D eigenvalue weighted by atomic mass is 9.77. The molecule has 0 unspecified atom stereocenters. The molecule has 2 aromatic carbocycles. The molecule has 0 fully saturated rings. The second-order valence-electron chi connectivity index (χ2n) is 8.33. The van der Waals surface area contributed by atoms with Gasteiger partial charge in [-0.05, 0) is 42.8 Å². The van der Waals surface area contributed by atoms with Gasteiger partial charge in [0.25, 0.3) is 0 Å². The van der Waals surface area contributed by atoms with Crippen molar-refractivity contribution in [2.45, 2.75) is 44.1 Å². The lowest BCUT2D eigenvalue weighted by Crippen LogP contribution is -2.42. The van der Waals surface area contributed by atoms with Gasteiger partial charge in [0.1, 0.15) is 6.54 Å². The molecule has 1 heterocycles. The Morgan fingerprint density at radius 2 is 1.72 bits per heavy atom.